The van der Waals surface area contributed by atoms with E-state index in [1.807, 2.05) is 0 Å². The number of nitrogens with zero attached hydrogens (tertiary/aromatic N) is 3. The summed E-state index contributed by atoms with van der Waals surface area (Å²) in [7, 11) is -1.93. The Balaban J connectivity index is 2.78. The van der Waals surface area contributed by atoms with Gasteiger partial charge >= 0.3 is 0 Å². The summed E-state index contributed by atoms with van der Waals surface area (Å²) in [5, 5.41) is 13.1. The number of rotatable bonds is 3. The molecule has 0 saturated heterocycles. The van der Waals surface area contributed by atoms with E-state index in [2.05, 4.69) is 20.6 Å². The summed E-state index contributed by atoms with van der Waals surface area (Å²) in [6.45, 7) is 0. The fraction of sp³-hybridized carbons (Fsp3) is 0.222. The standard InChI is InChI=1S/C9H10N4O3S/c1-16-6-4-3-5-7(17(2,14)15)8(6)9-10-12-13-11-9/h3-5H,1-2H3,(H,10,11,12,13). The second-order valence-corrected chi connectivity index (χ2v) is 5.34. The lowest BCUT2D eigenvalue weighted by Gasteiger charge is -2.09. The van der Waals surface area contributed by atoms with Crippen LogP contribution in [0.4, 0.5) is 0 Å². The van der Waals surface area contributed by atoms with Crippen molar-refractivity contribution < 1.29 is 13.2 Å². The number of tetrazole rings is 1. The Labute approximate surface area is 97.7 Å². The first-order valence-electron chi connectivity index (χ1n) is 4.65. The molecular formula is C9H10N4O3S. The number of ether oxygens (including phenoxy) is 1. The second kappa shape index (κ2) is 4.13. The number of aromatic amines is 1. The van der Waals surface area contributed by atoms with Crippen molar-refractivity contribution >= 4 is 9.84 Å². The zero-order valence-corrected chi connectivity index (χ0v) is 10.0. The predicted octanol–water partition coefficient (Wildman–Crippen LogP) is 0.279. The van der Waals surface area contributed by atoms with Crippen LogP contribution in [0.1, 0.15) is 0 Å². The highest BCUT2D eigenvalue weighted by molar-refractivity contribution is 7.90. The SMILES string of the molecule is COc1cccc(S(C)(=O)=O)c1-c1nnn[nH]1. The Hall–Kier alpha value is -1.96. The Morgan fingerprint density at radius 3 is 2.65 bits per heavy atom. The van der Waals surface area contributed by atoms with E-state index in [1.54, 1.807) is 12.1 Å². The average molecular weight is 254 g/mol. The number of hydrogen-bond donors (Lipinski definition) is 1. The topological polar surface area (TPSA) is 97.8 Å². The fourth-order valence-electron chi connectivity index (χ4n) is 1.49. The van der Waals surface area contributed by atoms with Gasteiger partial charge in [-0.3, -0.25) is 0 Å². The summed E-state index contributed by atoms with van der Waals surface area (Å²) in [6, 6.07) is 4.73. The first kappa shape index (κ1) is 11.5. The van der Waals surface area contributed by atoms with Crippen LogP contribution in [0.15, 0.2) is 23.1 Å². The van der Waals surface area contributed by atoms with E-state index in [9.17, 15) is 8.42 Å². The van der Waals surface area contributed by atoms with Gasteiger partial charge in [-0.05, 0) is 22.6 Å². The van der Waals surface area contributed by atoms with E-state index in [-0.39, 0.29) is 10.7 Å². The number of H-pyrrole nitrogens is 1. The maximum absolute atomic E-state index is 11.7. The van der Waals surface area contributed by atoms with Crippen molar-refractivity contribution in [2.45, 2.75) is 4.90 Å². The third kappa shape index (κ3) is 2.11. The van der Waals surface area contributed by atoms with Crippen LogP contribution >= 0.6 is 0 Å². The number of hydrogen-bond acceptors (Lipinski definition) is 6. The molecule has 0 unspecified atom stereocenters. The summed E-state index contributed by atoms with van der Waals surface area (Å²) in [5.74, 6) is 0.648. The monoisotopic (exact) mass is 254 g/mol. The summed E-state index contributed by atoms with van der Waals surface area (Å²) in [5.41, 5.74) is 0.336. The Morgan fingerprint density at radius 1 is 1.35 bits per heavy atom. The van der Waals surface area contributed by atoms with E-state index >= 15 is 0 Å². The molecule has 0 aliphatic heterocycles. The molecule has 0 fully saturated rings. The molecule has 0 radical (unpaired) electrons. The van der Waals surface area contributed by atoms with Gasteiger partial charge in [0.1, 0.15) is 5.75 Å². The molecule has 0 bridgehead atoms. The van der Waals surface area contributed by atoms with Crippen LogP contribution in [0.25, 0.3) is 11.4 Å². The molecular weight excluding hydrogens is 244 g/mol. The number of nitrogens with one attached hydrogen (secondary N) is 1. The Kier molecular flexibility index (Phi) is 2.80. The lowest BCUT2D eigenvalue weighted by molar-refractivity contribution is 0.415. The number of benzene rings is 1. The summed E-state index contributed by atoms with van der Waals surface area (Å²) in [6.07, 6.45) is 1.12. The number of sulfone groups is 1. The summed E-state index contributed by atoms with van der Waals surface area (Å²) < 4.78 is 28.5. The first-order chi connectivity index (χ1) is 8.04. The molecule has 0 aliphatic carbocycles. The molecule has 0 atom stereocenters. The zero-order valence-electron chi connectivity index (χ0n) is 9.21. The molecule has 2 aromatic rings. The van der Waals surface area contributed by atoms with E-state index in [0.717, 1.165) is 6.26 Å². The highest BCUT2D eigenvalue weighted by Gasteiger charge is 2.20. The maximum Gasteiger partial charge on any atom is 0.184 e. The fourth-order valence-corrected chi connectivity index (χ4v) is 2.38. The van der Waals surface area contributed by atoms with Gasteiger partial charge in [0.25, 0.3) is 0 Å². The minimum absolute atomic E-state index is 0.121. The molecule has 1 N–H and O–H groups in total. The first-order valence-corrected chi connectivity index (χ1v) is 6.54. The van der Waals surface area contributed by atoms with Gasteiger partial charge in [-0.1, -0.05) is 6.07 Å². The van der Waals surface area contributed by atoms with Crippen LogP contribution in [-0.4, -0.2) is 42.4 Å². The van der Waals surface area contributed by atoms with Crippen LogP contribution in [0.2, 0.25) is 0 Å². The van der Waals surface area contributed by atoms with Crippen molar-refractivity contribution in [2.75, 3.05) is 13.4 Å². The van der Waals surface area contributed by atoms with Crippen LogP contribution in [0.3, 0.4) is 0 Å². The molecule has 1 heterocycles. The Bertz CT molecular complexity index is 622. The van der Waals surface area contributed by atoms with Gasteiger partial charge in [-0.15, -0.1) is 5.10 Å². The van der Waals surface area contributed by atoms with E-state index < -0.39 is 9.84 Å². The van der Waals surface area contributed by atoms with Crippen LogP contribution in [-0.2, 0) is 9.84 Å². The van der Waals surface area contributed by atoms with Gasteiger partial charge in [0.2, 0.25) is 0 Å². The molecule has 2 rings (SSSR count). The second-order valence-electron chi connectivity index (χ2n) is 3.36. The van der Waals surface area contributed by atoms with E-state index in [1.165, 1.54) is 13.2 Å². The lowest BCUT2D eigenvalue weighted by atomic mass is 10.2. The smallest absolute Gasteiger partial charge is 0.184 e. The summed E-state index contributed by atoms with van der Waals surface area (Å²) >= 11 is 0. The molecule has 1 aromatic carbocycles. The van der Waals surface area contributed by atoms with Gasteiger partial charge in [0, 0.05) is 6.26 Å². The third-order valence-corrected chi connectivity index (χ3v) is 3.33. The molecule has 0 amide bonds. The minimum Gasteiger partial charge on any atom is -0.496 e. The van der Waals surface area contributed by atoms with Crippen LogP contribution in [0, 0.1) is 0 Å². The van der Waals surface area contributed by atoms with E-state index in [4.69, 9.17) is 4.74 Å². The molecule has 0 saturated carbocycles. The quantitative estimate of drug-likeness (QED) is 0.844. The lowest BCUT2D eigenvalue weighted by Crippen LogP contribution is -2.02. The van der Waals surface area contributed by atoms with Gasteiger partial charge in [-0.25, -0.2) is 13.5 Å². The molecule has 1 aromatic heterocycles. The molecule has 17 heavy (non-hydrogen) atoms. The van der Waals surface area contributed by atoms with Gasteiger partial charge in [0.15, 0.2) is 15.7 Å². The highest BCUT2D eigenvalue weighted by Crippen LogP contribution is 2.33. The van der Waals surface area contributed by atoms with Crippen molar-refractivity contribution in [3.05, 3.63) is 18.2 Å². The molecule has 8 heteroatoms. The van der Waals surface area contributed by atoms with Crippen molar-refractivity contribution in [1.82, 2.24) is 20.6 Å². The van der Waals surface area contributed by atoms with Crippen molar-refractivity contribution in [1.29, 1.82) is 0 Å². The minimum atomic E-state index is -3.39. The molecule has 90 valence electrons. The predicted molar refractivity (Wildman–Crippen MR) is 59.3 cm³/mol. The van der Waals surface area contributed by atoms with Gasteiger partial charge < -0.3 is 4.74 Å². The van der Waals surface area contributed by atoms with Crippen molar-refractivity contribution in [3.63, 3.8) is 0 Å². The largest absolute Gasteiger partial charge is 0.496 e. The molecule has 7 nitrogen and oxygen atoms in total. The molecule has 0 aliphatic rings. The van der Waals surface area contributed by atoms with Crippen molar-refractivity contribution in [2.24, 2.45) is 0 Å². The molecule has 0 spiro atoms. The van der Waals surface area contributed by atoms with Gasteiger partial charge in [-0.2, -0.15) is 0 Å². The van der Waals surface area contributed by atoms with E-state index in [0.29, 0.717) is 11.3 Å². The Morgan fingerprint density at radius 2 is 2.12 bits per heavy atom. The third-order valence-electron chi connectivity index (χ3n) is 2.19. The zero-order chi connectivity index (χ0) is 12.5. The highest BCUT2D eigenvalue weighted by atomic mass is 32.2. The van der Waals surface area contributed by atoms with Crippen LogP contribution in [0.5, 0.6) is 5.75 Å². The van der Waals surface area contributed by atoms with Gasteiger partial charge in [0.05, 0.1) is 17.6 Å². The van der Waals surface area contributed by atoms with Crippen LogP contribution < -0.4 is 4.74 Å². The average Bonchev–Trinajstić information content (AvgIpc) is 2.80. The maximum atomic E-state index is 11.7. The van der Waals surface area contributed by atoms with Crippen molar-refractivity contribution in [3.8, 4) is 17.1 Å². The normalized spacial score (nSPS) is 11.4. The summed E-state index contributed by atoms with van der Waals surface area (Å²) in [4.78, 5) is 0.121. The number of methoxy groups -OCH3 is 1. The number of aromatic nitrogens is 4.